The highest BCUT2D eigenvalue weighted by Gasteiger charge is 1.98. The molecule has 0 bridgehead atoms. The van der Waals surface area contributed by atoms with Gasteiger partial charge in [0.2, 0.25) is 0 Å². The summed E-state index contributed by atoms with van der Waals surface area (Å²) in [7, 11) is 0. The summed E-state index contributed by atoms with van der Waals surface area (Å²) < 4.78 is 0. The first-order valence-corrected chi connectivity index (χ1v) is 4.79. The van der Waals surface area contributed by atoms with E-state index in [2.05, 4.69) is 17.6 Å². The van der Waals surface area contributed by atoms with Gasteiger partial charge in [0.05, 0.1) is 16.9 Å². The van der Waals surface area contributed by atoms with Crippen LogP contribution in [0.4, 0.5) is 0 Å². The molecule has 0 aliphatic carbocycles. The number of benzene rings is 1. The van der Waals surface area contributed by atoms with Crippen LogP contribution >= 0.6 is 12.6 Å². The lowest BCUT2D eigenvalue weighted by atomic mass is 10.2. The molecule has 2 aromatic rings. The number of pyridine rings is 1. The van der Waals surface area contributed by atoms with Crippen LogP contribution in [0.15, 0.2) is 41.8 Å². The van der Waals surface area contributed by atoms with Gasteiger partial charge in [0.15, 0.2) is 0 Å². The molecule has 0 aliphatic heterocycles. The Morgan fingerprint density at radius 1 is 1.21 bits per heavy atom. The number of nitrogens with zero attached hydrogens (tertiary/aromatic N) is 1. The van der Waals surface area contributed by atoms with Crippen molar-refractivity contribution in [3.05, 3.63) is 47.5 Å². The summed E-state index contributed by atoms with van der Waals surface area (Å²) in [5, 5.41) is 2.67. The molecular weight excluding hydrogens is 192 g/mol. The van der Waals surface area contributed by atoms with E-state index >= 15 is 0 Å². The van der Waals surface area contributed by atoms with Gasteiger partial charge in [0.25, 0.3) is 0 Å². The monoisotopic (exact) mass is 202 g/mol. The number of nitrogens with two attached hydrogens (primary N) is 1. The van der Waals surface area contributed by atoms with E-state index in [1.807, 2.05) is 36.4 Å². The standard InChI is InChI=1S/C11H10N2S/c12-9(7-14)11-6-5-8-3-1-2-4-10(8)13-11/h1-7,14H,12H2/b9-7-. The van der Waals surface area contributed by atoms with Gasteiger partial charge >= 0.3 is 0 Å². The maximum atomic E-state index is 5.71. The fraction of sp³-hybridized carbons (Fsp3) is 0. The third-order valence-electron chi connectivity index (χ3n) is 2.03. The molecule has 0 fully saturated rings. The van der Waals surface area contributed by atoms with Crippen LogP contribution in [0.1, 0.15) is 5.69 Å². The van der Waals surface area contributed by atoms with Crippen molar-refractivity contribution in [1.29, 1.82) is 0 Å². The second-order valence-corrected chi connectivity index (χ2v) is 3.23. The van der Waals surface area contributed by atoms with Crippen LogP contribution in [0.5, 0.6) is 0 Å². The van der Waals surface area contributed by atoms with Gasteiger partial charge < -0.3 is 5.73 Å². The minimum absolute atomic E-state index is 0.582. The molecule has 0 saturated carbocycles. The summed E-state index contributed by atoms with van der Waals surface area (Å²) >= 11 is 3.99. The van der Waals surface area contributed by atoms with Crippen LogP contribution in [0.3, 0.4) is 0 Å². The van der Waals surface area contributed by atoms with Crippen molar-refractivity contribution in [2.45, 2.75) is 0 Å². The number of para-hydroxylation sites is 1. The molecule has 1 aromatic carbocycles. The smallest absolute Gasteiger partial charge is 0.0871 e. The SMILES string of the molecule is N/C(=C\S)c1ccc2ccccc2n1. The van der Waals surface area contributed by atoms with E-state index in [4.69, 9.17) is 5.73 Å². The van der Waals surface area contributed by atoms with Gasteiger partial charge in [-0.3, -0.25) is 0 Å². The van der Waals surface area contributed by atoms with Gasteiger partial charge in [0.1, 0.15) is 0 Å². The highest BCUT2D eigenvalue weighted by atomic mass is 32.1. The van der Waals surface area contributed by atoms with Crippen LogP contribution in [0.25, 0.3) is 16.6 Å². The van der Waals surface area contributed by atoms with E-state index in [9.17, 15) is 0 Å². The van der Waals surface area contributed by atoms with E-state index < -0.39 is 0 Å². The second kappa shape index (κ2) is 3.72. The third-order valence-corrected chi connectivity index (χ3v) is 2.31. The molecule has 0 spiro atoms. The number of aromatic nitrogens is 1. The maximum absolute atomic E-state index is 5.71. The molecule has 2 nitrogen and oxygen atoms in total. The number of rotatable bonds is 1. The Balaban J connectivity index is 2.62. The van der Waals surface area contributed by atoms with Crippen LogP contribution < -0.4 is 5.73 Å². The van der Waals surface area contributed by atoms with Crippen molar-refractivity contribution in [1.82, 2.24) is 4.98 Å². The van der Waals surface area contributed by atoms with Gasteiger partial charge in [-0.2, -0.15) is 0 Å². The van der Waals surface area contributed by atoms with E-state index in [-0.39, 0.29) is 0 Å². The van der Waals surface area contributed by atoms with Crippen LogP contribution in [-0.4, -0.2) is 4.98 Å². The first-order valence-electron chi connectivity index (χ1n) is 4.27. The number of hydrogen-bond donors (Lipinski definition) is 2. The Morgan fingerprint density at radius 3 is 2.79 bits per heavy atom. The molecule has 0 radical (unpaired) electrons. The van der Waals surface area contributed by atoms with Crippen molar-refractivity contribution >= 4 is 29.2 Å². The zero-order valence-electron chi connectivity index (χ0n) is 7.51. The van der Waals surface area contributed by atoms with E-state index in [1.165, 1.54) is 0 Å². The van der Waals surface area contributed by atoms with Gasteiger partial charge in [-0.1, -0.05) is 24.3 Å². The first-order chi connectivity index (χ1) is 6.81. The lowest BCUT2D eigenvalue weighted by Crippen LogP contribution is -1.97. The van der Waals surface area contributed by atoms with Gasteiger partial charge in [-0.25, -0.2) is 4.98 Å². The van der Waals surface area contributed by atoms with Crippen molar-refractivity contribution in [3.8, 4) is 0 Å². The number of fused-ring (bicyclic) bond motifs is 1. The zero-order chi connectivity index (χ0) is 9.97. The molecule has 0 unspecified atom stereocenters. The average molecular weight is 202 g/mol. The Hall–Kier alpha value is -1.48. The number of thiol groups is 1. The quantitative estimate of drug-likeness (QED) is 0.697. The van der Waals surface area contributed by atoms with Crippen LogP contribution in [0, 0.1) is 0 Å². The topological polar surface area (TPSA) is 38.9 Å². The Kier molecular flexibility index (Phi) is 2.41. The Labute approximate surface area is 87.9 Å². The predicted octanol–water partition coefficient (Wildman–Crippen LogP) is 2.42. The lowest BCUT2D eigenvalue weighted by Gasteiger charge is -2.01. The molecule has 1 heterocycles. The summed E-state index contributed by atoms with van der Waals surface area (Å²) in [6.45, 7) is 0. The normalized spacial score (nSPS) is 11.9. The van der Waals surface area contributed by atoms with Crippen molar-refractivity contribution in [2.24, 2.45) is 5.73 Å². The van der Waals surface area contributed by atoms with E-state index in [0.717, 1.165) is 16.6 Å². The molecule has 14 heavy (non-hydrogen) atoms. The summed E-state index contributed by atoms with van der Waals surface area (Å²) in [4.78, 5) is 4.40. The highest BCUT2D eigenvalue weighted by molar-refractivity contribution is 7.83. The van der Waals surface area contributed by atoms with Crippen LogP contribution in [-0.2, 0) is 0 Å². The second-order valence-electron chi connectivity index (χ2n) is 2.97. The molecule has 2 rings (SSSR count). The Bertz CT molecular complexity index is 491. The Morgan fingerprint density at radius 2 is 2.00 bits per heavy atom. The molecular formula is C11H10N2S. The predicted molar refractivity (Wildman–Crippen MR) is 62.9 cm³/mol. The van der Waals surface area contributed by atoms with Gasteiger partial charge in [0, 0.05) is 5.39 Å². The van der Waals surface area contributed by atoms with Crippen LogP contribution in [0.2, 0.25) is 0 Å². The van der Waals surface area contributed by atoms with Gasteiger partial charge in [-0.05, 0) is 17.5 Å². The van der Waals surface area contributed by atoms with Gasteiger partial charge in [-0.15, -0.1) is 12.6 Å². The average Bonchev–Trinajstić information content (AvgIpc) is 2.27. The fourth-order valence-electron chi connectivity index (χ4n) is 1.29. The zero-order valence-corrected chi connectivity index (χ0v) is 8.41. The van der Waals surface area contributed by atoms with E-state index in [0.29, 0.717) is 5.70 Å². The fourth-order valence-corrected chi connectivity index (χ4v) is 1.43. The summed E-state index contributed by atoms with van der Waals surface area (Å²) in [6.07, 6.45) is 0. The minimum atomic E-state index is 0.582. The van der Waals surface area contributed by atoms with E-state index in [1.54, 1.807) is 5.41 Å². The molecule has 70 valence electrons. The summed E-state index contributed by atoms with van der Waals surface area (Å²) in [6, 6.07) is 11.8. The highest BCUT2D eigenvalue weighted by Crippen LogP contribution is 2.14. The van der Waals surface area contributed by atoms with Crippen molar-refractivity contribution in [3.63, 3.8) is 0 Å². The first kappa shape index (κ1) is 9.09. The maximum Gasteiger partial charge on any atom is 0.0871 e. The molecule has 0 aliphatic rings. The largest absolute Gasteiger partial charge is 0.397 e. The molecule has 1 aromatic heterocycles. The van der Waals surface area contributed by atoms with Crippen molar-refractivity contribution < 1.29 is 0 Å². The van der Waals surface area contributed by atoms with Crippen molar-refractivity contribution in [2.75, 3.05) is 0 Å². The molecule has 2 N–H and O–H groups in total. The lowest BCUT2D eigenvalue weighted by molar-refractivity contribution is 1.32. The molecule has 0 amide bonds. The molecule has 3 heteroatoms. The molecule has 0 saturated heterocycles. The minimum Gasteiger partial charge on any atom is -0.397 e. The molecule has 0 atom stereocenters. The summed E-state index contributed by atoms with van der Waals surface area (Å²) in [5.74, 6) is 0. The number of hydrogen-bond acceptors (Lipinski definition) is 3. The third kappa shape index (κ3) is 1.59. The summed E-state index contributed by atoms with van der Waals surface area (Å²) in [5.41, 5.74) is 8.00.